The van der Waals surface area contributed by atoms with Gasteiger partial charge in [0.2, 0.25) is 0 Å². The van der Waals surface area contributed by atoms with Crippen molar-refractivity contribution in [3.8, 4) is 5.75 Å². The van der Waals surface area contributed by atoms with Crippen molar-refractivity contribution in [3.63, 3.8) is 0 Å². The molecule has 0 bridgehead atoms. The van der Waals surface area contributed by atoms with E-state index in [9.17, 15) is 10.1 Å². The molecule has 1 heterocycles. The zero-order valence-electron chi connectivity index (χ0n) is 9.81. The highest BCUT2D eigenvalue weighted by molar-refractivity contribution is 5.48. The summed E-state index contributed by atoms with van der Waals surface area (Å²) in [5, 5.41) is 14.1. The quantitative estimate of drug-likeness (QED) is 0.641. The Bertz CT molecular complexity index is 414. The molecular formula is C12H16N2O3. The molecule has 0 radical (unpaired) electrons. The van der Waals surface area contributed by atoms with Gasteiger partial charge in [-0.25, -0.2) is 0 Å². The maximum absolute atomic E-state index is 10.8. The van der Waals surface area contributed by atoms with Gasteiger partial charge in [0.25, 0.3) is 0 Å². The summed E-state index contributed by atoms with van der Waals surface area (Å²) in [5.74, 6) is 0.365. The van der Waals surface area contributed by atoms with E-state index in [2.05, 4.69) is 5.32 Å². The zero-order valence-corrected chi connectivity index (χ0v) is 9.81. The number of rotatable bonds is 4. The lowest BCUT2D eigenvalue weighted by Gasteiger charge is -2.12. The molecule has 1 aromatic rings. The van der Waals surface area contributed by atoms with Crippen LogP contribution in [0, 0.1) is 17.0 Å². The Hall–Kier alpha value is -1.62. The fourth-order valence-corrected chi connectivity index (χ4v) is 1.98. The van der Waals surface area contributed by atoms with Crippen LogP contribution in [0.25, 0.3) is 0 Å². The fourth-order valence-electron chi connectivity index (χ4n) is 1.98. The molecule has 0 unspecified atom stereocenters. The molecular weight excluding hydrogens is 220 g/mol. The Balaban J connectivity index is 2.07. The summed E-state index contributed by atoms with van der Waals surface area (Å²) in [7, 11) is 0. The van der Waals surface area contributed by atoms with Crippen LogP contribution in [0.2, 0.25) is 0 Å². The lowest BCUT2D eigenvalue weighted by Crippen LogP contribution is -2.28. The molecule has 92 valence electrons. The van der Waals surface area contributed by atoms with Gasteiger partial charge >= 0.3 is 5.69 Å². The van der Waals surface area contributed by atoms with Crippen LogP contribution >= 0.6 is 0 Å². The minimum Gasteiger partial charge on any atom is -0.485 e. The third kappa shape index (κ3) is 2.94. The van der Waals surface area contributed by atoms with Crippen molar-refractivity contribution >= 4 is 5.69 Å². The minimum absolute atomic E-state index is 0.0357. The Morgan fingerprint density at radius 1 is 1.59 bits per heavy atom. The Morgan fingerprint density at radius 2 is 2.41 bits per heavy atom. The van der Waals surface area contributed by atoms with E-state index in [-0.39, 0.29) is 5.69 Å². The van der Waals surface area contributed by atoms with E-state index < -0.39 is 4.92 Å². The summed E-state index contributed by atoms with van der Waals surface area (Å²) in [5.41, 5.74) is 0.999. The molecule has 1 aliphatic rings. The molecule has 0 spiro atoms. The van der Waals surface area contributed by atoms with E-state index in [1.54, 1.807) is 12.1 Å². The normalized spacial score (nSPS) is 19.2. The van der Waals surface area contributed by atoms with Gasteiger partial charge in [0.15, 0.2) is 5.75 Å². The average Bonchev–Trinajstić information content (AvgIpc) is 2.78. The summed E-state index contributed by atoms with van der Waals surface area (Å²) in [6.07, 6.45) is 2.21. The van der Waals surface area contributed by atoms with E-state index in [1.165, 1.54) is 6.07 Å². The van der Waals surface area contributed by atoms with Gasteiger partial charge in [0.05, 0.1) is 4.92 Å². The third-order valence-electron chi connectivity index (χ3n) is 2.91. The molecule has 5 nitrogen and oxygen atoms in total. The van der Waals surface area contributed by atoms with Crippen LogP contribution in [0.4, 0.5) is 5.69 Å². The summed E-state index contributed by atoms with van der Waals surface area (Å²) < 4.78 is 5.56. The van der Waals surface area contributed by atoms with Gasteiger partial charge in [-0.3, -0.25) is 10.1 Å². The van der Waals surface area contributed by atoms with Crippen molar-refractivity contribution in [1.82, 2.24) is 5.32 Å². The summed E-state index contributed by atoms with van der Waals surface area (Å²) in [6.45, 7) is 3.39. The van der Waals surface area contributed by atoms with Crippen molar-refractivity contribution in [3.05, 3.63) is 33.9 Å². The highest BCUT2D eigenvalue weighted by Gasteiger charge is 2.18. The van der Waals surface area contributed by atoms with Crippen LogP contribution < -0.4 is 10.1 Å². The molecule has 1 aromatic carbocycles. The van der Waals surface area contributed by atoms with Crippen LogP contribution in [-0.4, -0.2) is 24.1 Å². The number of hydrogen-bond acceptors (Lipinski definition) is 4. The Labute approximate surface area is 99.9 Å². The van der Waals surface area contributed by atoms with Crippen molar-refractivity contribution in [2.24, 2.45) is 0 Å². The van der Waals surface area contributed by atoms with Crippen LogP contribution in [-0.2, 0) is 0 Å². The first-order valence-electron chi connectivity index (χ1n) is 5.78. The first-order valence-corrected chi connectivity index (χ1v) is 5.78. The third-order valence-corrected chi connectivity index (χ3v) is 2.91. The number of aryl methyl sites for hydroxylation is 1. The Kier molecular flexibility index (Phi) is 3.58. The molecule has 1 saturated heterocycles. The Morgan fingerprint density at radius 3 is 3.06 bits per heavy atom. The first-order chi connectivity index (χ1) is 8.16. The highest BCUT2D eigenvalue weighted by atomic mass is 16.6. The lowest BCUT2D eigenvalue weighted by molar-refractivity contribution is -0.385. The molecule has 1 N–H and O–H groups in total. The van der Waals surface area contributed by atoms with E-state index in [0.29, 0.717) is 18.4 Å². The van der Waals surface area contributed by atoms with Crippen LogP contribution in [0.15, 0.2) is 18.2 Å². The SMILES string of the molecule is Cc1ccc([N+](=O)[O-])c(OC[C@@H]2CCCN2)c1. The topological polar surface area (TPSA) is 64.4 Å². The van der Waals surface area contributed by atoms with E-state index >= 15 is 0 Å². The average molecular weight is 236 g/mol. The number of hydrogen-bond donors (Lipinski definition) is 1. The number of nitrogens with one attached hydrogen (secondary N) is 1. The van der Waals surface area contributed by atoms with Crippen LogP contribution in [0.3, 0.4) is 0 Å². The molecule has 0 amide bonds. The molecule has 0 saturated carbocycles. The van der Waals surface area contributed by atoms with E-state index in [4.69, 9.17) is 4.74 Å². The summed E-state index contributed by atoms with van der Waals surface area (Å²) >= 11 is 0. The lowest BCUT2D eigenvalue weighted by atomic mass is 10.2. The van der Waals surface area contributed by atoms with Gasteiger partial charge in [0.1, 0.15) is 6.61 Å². The summed E-state index contributed by atoms with van der Waals surface area (Å²) in [4.78, 5) is 10.4. The zero-order chi connectivity index (χ0) is 12.3. The maximum Gasteiger partial charge on any atom is 0.310 e. The second-order valence-electron chi connectivity index (χ2n) is 4.33. The monoisotopic (exact) mass is 236 g/mol. The second-order valence-corrected chi connectivity index (χ2v) is 4.33. The van der Waals surface area contributed by atoms with Gasteiger partial charge in [-0.15, -0.1) is 0 Å². The smallest absolute Gasteiger partial charge is 0.310 e. The fraction of sp³-hybridized carbons (Fsp3) is 0.500. The highest BCUT2D eigenvalue weighted by Crippen LogP contribution is 2.28. The maximum atomic E-state index is 10.8. The van der Waals surface area contributed by atoms with Crippen molar-refractivity contribution in [2.45, 2.75) is 25.8 Å². The van der Waals surface area contributed by atoms with Crippen LogP contribution in [0.5, 0.6) is 5.75 Å². The molecule has 5 heteroatoms. The largest absolute Gasteiger partial charge is 0.485 e. The predicted molar refractivity (Wildman–Crippen MR) is 64.4 cm³/mol. The van der Waals surface area contributed by atoms with Gasteiger partial charge < -0.3 is 10.1 Å². The second kappa shape index (κ2) is 5.14. The van der Waals surface area contributed by atoms with Crippen molar-refractivity contribution in [1.29, 1.82) is 0 Å². The first kappa shape index (κ1) is 11.9. The molecule has 17 heavy (non-hydrogen) atoms. The minimum atomic E-state index is -0.406. The van der Waals surface area contributed by atoms with Gasteiger partial charge in [-0.2, -0.15) is 0 Å². The molecule has 0 aromatic heterocycles. The molecule has 1 atom stereocenters. The number of nitro groups is 1. The van der Waals surface area contributed by atoms with Gasteiger partial charge in [-0.1, -0.05) is 6.07 Å². The van der Waals surface area contributed by atoms with Crippen molar-refractivity contribution < 1.29 is 9.66 Å². The predicted octanol–water partition coefficient (Wildman–Crippen LogP) is 2.03. The standard InChI is InChI=1S/C12H16N2O3/c1-9-4-5-11(14(15)16)12(7-9)17-8-10-3-2-6-13-10/h4-5,7,10,13H,2-3,6,8H2,1H3/t10-/m0/s1. The van der Waals surface area contributed by atoms with E-state index in [0.717, 1.165) is 24.9 Å². The molecule has 2 rings (SSSR count). The van der Waals surface area contributed by atoms with Gasteiger partial charge in [0, 0.05) is 12.1 Å². The summed E-state index contributed by atoms with van der Waals surface area (Å²) in [6, 6.07) is 5.24. The van der Waals surface area contributed by atoms with E-state index in [1.807, 2.05) is 6.92 Å². The van der Waals surface area contributed by atoms with Crippen molar-refractivity contribution in [2.75, 3.05) is 13.2 Å². The van der Waals surface area contributed by atoms with Crippen LogP contribution in [0.1, 0.15) is 18.4 Å². The molecule has 0 aliphatic carbocycles. The molecule has 1 aliphatic heterocycles. The number of nitro benzene ring substituents is 1. The number of benzene rings is 1. The van der Waals surface area contributed by atoms with Gasteiger partial charge in [-0.05, 0) is 37.9 Å². The number of ether oxygens (including phenoxy) is 1. The molecule has 1 fully saturated rings. The number of nitrogens with zero attached hydrogens (tertiary/aromatic N) is 1.